The third-order valence-corrected chi connectivity index (χ3v) is 2.73. The van der Waals surface area contributed by atoms with E-state index in [1.54, 1.807) is 15.9 Å². The van der Waals surface area contributed by atoms with Crippen LogP contribution in [0.3, 0.4) is 0 Å². The topological polar surface area (TPSA) is 72.3 Å². The van der Waals surface area contributed by atoms with Crippen LogP contribution in [0.25, 0.3) is 0 Å². The summed E-state index contributed by atoms with van der Waals surface area (Å²) in [7, 11) is 1.84. The van der Waals surface area contributed by atoms with Crippen molar-refractivity contribution in [2.24, 2.45) is 7.05 Å². The van der Waals surface area contributed by atoms with Crippen molar-refractivity contribution >= 4 is 6.09 Å². The standard InChI is InChI=1S/C12H21N5O2/c1-12(2,3)19-11(18)17-6-9(7-17)13-5-10-14-8-16(4)15-10/h8-9,13H,5-7H2,1-4H3. The second-order valence-electron chi connectivity index (χ2n) is 5.80. The Morgan fingerprint density at radius 2 is 2.21 bits per heavy atom. The van der Waals surface area contributed by atoms with Gasteiger partial charge in [0.25, 0.3) is 0 Å². The minimum atomic E-state index is -0.437. The maximum absolute atomic E-state index is 11.7. The molecule has 1 aliphatic heterocycles. The van der Waals surface area contributed by atoms with Crippen LogP contribution in [-0.4, -0.2) is 50.5 Å². The molecule has 1 aliphatic rings. The van der Waals surface area contributed by atoms with Crippen LogP contribution in [0.1, 0.15) is 26.6 Å². The molecule has 0 spiro atoms. The normalized spacial score (nSPS) is 16.3. The lowest BCUT2D eigenvalue weighted by atomic mass is 10.1. The predicted octanol–water partition coefficient (Wildman–Crippen LogP) is 0.524. The smallest absolute Gasteiger partial charge is 0.410 e. The van der Waals surface area contributed by atoms with Crippen LogP contribution in [0, 0.1) is 0 Å². The molecule has 0 saturated carbocycles. The van der Waals surface area contributed by atoms with E-state index in [1.165, 1.54) is 0 Å². The van der Waals surface area contributed by atoms with Gasteiger partial charge in [-0.2, -0.15) is 5.10 Å². The fourth-order valence-electron chi connectivity index (χ4n) is 1.78. The number of carbonyl (C=O) groups excluding carboxylic acids is 1. The molecule has 7 heteroatoms. The molecule has 1 aromatic heterocycles. The summed E-state index contributed by atoms with van der Waals surface area (Å²) >= 11 is 0. The van der Waals surface area contributed by atoms with Gasteiger partial charge in [-0.15, -0.1) is 0 Å². The fourth-order valence-corrected chi connectivity index (χ4v) is 1.78. The summed E-state index contributed by atoms with van der Waals surface area (Å²) in [5.74, 6) is 0.762. The monoisotopic (exact) mass is 267 g/mol. The number of hydrogen-bond donors (Lipinski definition) is 1. The van der Waals surface area contributed by atoms with Crippen LogP contribution in [0.4, 0.5) is 4.79 Å². The van der Waals surface area contributed by atoms with Gasteiger partial charge in [-0.1, -0.05) is 0 Å². The third-order valence-electron chi connectivity index (χ3n) is 2.73. The summed E-state index contributed by atoms with van der Waals surface area (Å²) in [6.45, 7) is 7.56. The number of aryl methyl sites for hydroxylation is 1. The summed E-state index contributed by atoms with van der Waals surface area (Å²) in [4.78, 5) is 17.5. The average molecular weight is 267 g/mol. The van der Waals surface area contributed by atoms with Crippen molar-refractivity contribution in [3.63, 3.8) is 0 Å². The molecule has 1 amide bonds. The van der Waals surface area contributed by atoms with E-state index in [0.717, 1.165) is 5.82 Å². The highest BCUT2D eigenvalue weighted by molar-refractivity contribution is 5.69. The van der Waals surface area contributed by atoms with Crippen molar-refractivity contribution in [2.75, 3.05) is 13.1 Å². The molecule has 1 fully saturated rings. The number of amides is 1. The highest BCUT2D eigenvalue weighted by Gasteiger charge is 2.33. The first-order valence-electron chi connectivity index (χ1n) is 6.39. The Kier molecular flexibility index (Phi) is 3.75. The van der Waals surface area contributed by atoms with Crippen molar-refractivity contribution in [3.8, 4) is 0 Å². The second-order valence-corrected chi connectivity index (χ2v) is 5.80. The molecule has 106 valence electrons. The molecule has 0 unspecified atom stereocenters. The van der Waals surface area contributed by atoms with E-state index >= 15 is 0 Å². The van der Waals surface area contributed by atoms with E-state index in [1.807, 2.05) is 27.8 Å². The van der Waals surface area contributed by atoms with Gasteiger partial charge in [0.15, 0.2) is 5.82 Å². The quantitative estimate of drug-likeness (QED) is 0.864. The van der Waals surface area contributed by atoms with Gasteiger partial charge in [-0.25, -0.2) is 9.78 Å². The number of aromatic nitrogens is 3. The number of hydrogen-bond acceptors (Lipinski definition) is 5. The maximum Gasteiger partial charge on any atom is 0.410 e. The van der Waals surface area contributed by atoms with Crippen LogP contribution in [-0.2, 0) is 18.3 Å². The van der Waals surface area contributed by atoms with Crippen LogP contribution in [0.2, 0.25) is 0 Å². The Morgan fingerprint density at radius 3 is 2.74 bits per heavy atom. The summed E-state index contributed by atoms with van der Waals surface area (Å²) in [5, 5.41) is 7.49. The lowest BCUT2D eigenvalue weighted by Gasteiger charge is -2.40. The van der Waals surface area contributed by atoms with Crippen molar-refractivity contribution in [1.29, 1.82) is 0 Å². The lowest BCUT2D eigenvalue weighted by molar-refractivity contribution is 0.00513. The SMILES string of the molecule is Cn1cnc(CNC2CN(C(=O)OC(C)(C)C)C2)n1. The van der Waals surface area contributed by atoms with E-state index in [-0.39, 0.29) is 12.1 Å². The van der Waals surface area contributed by atoms with E-state index in [4.69, 9.17) is 4.74 Å². The first kappa shape index (κ1) is 13.8. The van der Waals surface area contributed by atoms with Gasteiger partial charge >= 0.3 is 6.09 Å². The molecule has 0 atom stereocenters. The number of ether oxygens (including phenoxy) is 1. The molecule has 1 aromatic rings. The second kappa shape index (κ2) is 5.16. The molecule has 19 heavy (non-hydrogen) atoms. The Morgan fingerprint density at radius 1 is 1.53 bits per heavy atom. The van der Waals surface area contributed by atoms with Gasteiger partial charge in [0.05, 0.1) is 6.54 Å². The lowest BCUT2D eigenvalue weighted by Crippen LogP contribution is -2.60. The van der Waals surface area contributed by atoms with Gasteiger partial charge in [-0.05, 0) is 20.8 Å². The van der Waals surface area contributed by atoms with E-state index < -0.39 is 5.60 Å². The highest BCUT2D eigenvalue weighted by atomic mass is 16.6. The molecule has 0 aliphatic carbocycles. The Labute approximate surface area is 112 Å². The molecule has 7 nitrogen and oxygen atoms in total. The van der Waals surface area contributed by atoms with E-state index in [0.29, 0.717) is 19.6 Å². The Balaban J connectivity index is 1.67. The van der Waals surface area contributed by atoms with Crippen LogP contribution >= 0.6 is 0 Å². The van der Waals surface area contributed by atoms with E-state index in [2.05, 4.69) is 15.4 Å². The van der Waals surface area contributed by atoms with Crippen molar-refractivity contribution in [3.05, 3.63) is 12.2 Å². The van der Waals surface area contributed by atoms with Crippen LogP contribution in [0.5, 0.6) is 0 Å². The van der Waals surface area contributed by atoms with Crippen molar-refractivity contribution in [2.45, 2.75) is 39.0 Å². The van der Waals surface area contributed by atoms with Gasteiger partial charge < -0.3 is 15.0 Å². The molecular weight excluding hydrogens is 246 g/mol. The minimum Gasteiger partial charge on any atom is -0.444 e. The summed E-state index contributed by atoms with van der Waals surface area (Å²) in [5.41, 5.74) is -0.437. The van der Waals surface area contributed by atoms with Crippen molar-refractivity contribution in [1.82, 2.24) is 25.0 Å². The van der Waals surface area contributed by atoms with Gasteiger partial charge in [0.2, 0.25) is 0 Å². The Bertz CT molecular complexity index is 445. The molecular formula is C12H21N5O2. The van der Waals surface area contributed by atoms with E-state index in [9.17, 15) is 4.79 Å². The molecule has 2 rings (SSSR count). The minimum absolute atomic E-state index is 0.249. The molecule has 0 aromatic carbocycles. The number of carbonyl (C=O) groups is 1. The number of nitrogens with zero attached hydrogens (tertiary/aromatic N) is 4. The van der Waals surface area contributed by atoms with Crippen molar-refractivity contribution < 1.29 is 9.53 Å². The number of nitrogens with one attached hydrogen (secondary N) is 1. The first-order valence-corrected chi connectivity index (χ1v) is 6.39. The fraction of sp³-hybridized carbons (Fsp3) is 0.750. The highest BCUT2D eigenvalue weighted by Crippen LogP contribution is 2.15. The summed E-state index contributed by atoms with van der Waals surface area (Å²) < 4.78 is 6.96. The Hall–Kier alpha value is -1.63. The molecule has 0 bridgehead atoms. The molecule has 1 N–H and O–H groups in total. The predicted molar refractivity (Wildman–Crippen MR) is 69.4 cm³/mol. The zero-order valence-electron chi connectivity index (χ0n) is 11.9. The largest absolute Gasteiger partial charge is 0.444 e. The molecule has 2 heterocycles. The molecule has 1 saturated heterocycles. The average Bonchev–Trinajstić information content (AvgIpc) is 2.59. The van der Waals surface area contributed by atoms with Gasteiger partial charge in [-0.3, -0.25) is 4.68 Å². The van der Waals surface area contributed by atoms with Gasteiger partial charge in [0.1, 0.15) is 11.9 Å². The zero-order valence-corrected chi connectivity index (χ0v) is 11.9. The van der Waals surface area contributed by atoms with Crippen LogP contribution in [0.15, 0.2) is 6.33 Å². The number of likely N-dealkylation sites (tertiary alicyclic amines) is 1. The third kappa shape index (κ3) is 3.92. The van der Waals surface area contributed by atoms with Crippen LogP contribution < -0.4 is 5.32 Å². The summed E-state index contributed by atoms with van der Waals surface area (Å²) in [6.07, 6.45) is 1.42. The number of rotatable bonds is 3. The summed E-state index contributed by atoms with van der Waals surface area (Å²) in [6, 6.07) is 0.288. The zero-order chi connectivity index (χ0) is 14.0. The first-order chi connectivity index (χ1) is 8.83. The molecule has 0 radical (unpaired) electrons. The maximum atomic E-state index is 11.7. The van der Waals surface area contributed by atoms with Gasteiger partial charge in [0, 0.05) is 26.2 Å².